The summed E-state index contributed by atoms with van der Waals surface area (Å²) in [5.74, 6) is 0.0877. The van der Waals surface area contributed by atoms with Crippen LogP contribution in [0, 0.1) is 0 Å². The third-order valence-electron chi connectivity index (χ3n) is 5.63. The van der Waals surface area contributed by atoms with E-state index in [-0.39, 0.29) is 54.9 Å². The summed E-state index contributed by atoms with van der Waals surface area (Å²) in [6, 6.07) is -0.530. The molecule has 0 aromatic rings. The standard InChI is InChI=1S/C21H34N2O6/c1-3-19(25)18-7-5-11-23(18)21(27)9-13-29-15-14-28-12-8-20(26)22-10-4-6-17(22)16(2)24/h17-18H,3-15H2,1-2H3/t17-,18-/m0/s1. The first-order valence-corrected chi connectivity index (χ1v) is 10.7. The molecule has 2 atom stereocenters. The van der Waals surface area contributed by atoms with Crippen molar-refractivity contribution in [2.45, 2.75) is 70.9 Å². The lowest BCUT2D eigenvalue weighted by Gasteiger charge is -2.23. The summed E-state index contributed by atoms with van der Waals surface area (Å²) in [6.45, 7) is 5.91. The van der Waals surface area contributed by atoms with Gasteiger partial charge in [0.15, 0.2) is 11.6 Å². The second kappa shape index (κ2) is 12.0. The molecule has 2 heterocycles. The van der Waals surface area contributed by atoms with Gasteiger partial charge < -0.3 is 19.3 Å². The largest absolute Gasteiger partial charge is 0.379 e. The third-order valence-corrected chi connectivity index (χ3v) is 5.63. The van der Waals surface area contributed by atoms with Gasteiger partial charge in [-0.3, -0.25) is 19.2 Å². The van der Waals surface area contributed by atoms with Crippen molar-refractivity contribution in [1.29, 1.82) is 0 Å². The number of carbonyl (C=O) groups is 4. The highest BCUT2D eigenvalue weighted by Gasteiger charge is 2.32. The lowest BCUT2D eigenvalue weighted by molar-refractivity contribution is -0.138. The van der Waals surface area contributed by atoms with Crippen LogP contribution in [0.25, 0.3) is 0 Å². The van der Waals surface area contributed by atoms with Gasteiger partial charge in [-0.1, -0.05) is 6.92 Å². The molecule has 0 aliphatic carbocycles. The fourth-order valence-electron chi connectivity index (χ4n) is 4.05. The van der Waals surface area contributed by atoms with Gasteiger partial charge in [-0.2, -0.15) is 0 Å². The van der Waals surface area contributed by atoms with Gasteiger partial charge in [-0.15, -0.1) is 0 Å². The molecule has 0 spiro atoms. The monoisotopic (exact) mass is 410 g/mol. The number of amides is 2. The van der Waals surface area contributed by atoms with E-state index in [1.165, 1.54) is 6.92 Å². The van der Waals surface area contributed by atoms with Crippen molar-refractivity contribution in [3.63, 3.8) is 0 Å². The van der Waals surface area contributed by atoms with Gasteiger partial charge in [0.25, 0.3) is 0 Å². The Morgan fingerprint density at radius 3 is 1.76 bits per heavy atom. The van der Waals surface area contributed by atoms with Crippen LogP contribution < -0.4 is 0 Å². The molecule has 0 aromatic heterocycles. The number of hydrogen-bond acceptors (Lipinski definition) is 6. The van der Waals surface area contributed by atoms with Gasteiger partial charge in [-0.05, 0) is 32.6 Å². The van der Waals surface area contributed by atoms with Crippen LogP contribution in [-0.4, -0.2) is 84.8 Å². The molecule has 8 heteroatoms. The van der Waals surface area contributed by atoms with E-state index in [2.05, 4.69) is 0 Å². The Balaban J connectivity index is 1.52. The molecule has 164 valence electrons. The quantitative estimate of drug-likeness (QED) is 0.451. The minimum Gasteiger partial charge on any atom is -0.379 e. The number of nitrogens with zero attached hydrogens (tertiary/aromatic N) is 2. The average Bonchev–Trinajstić information content (AvgIpc) is 3.38. The lowest BCUT2D eigenvalue weighted by Crippen LogP contribution is -2.40. The van der Waals surface area contributed by atoms with Crippen molar-refractivity contribution in [3.8, 4) is 0 Å². The smallest absolute Gasteiger partial charge is 0.225 e. The first-order valence-electron chi connectivity index (χ1n) is 10.7. The first-order chi connectivity index (χ1) is 14.0. The molecule has 2 amide bonds. The van der Waals surface area contributed by atoms with E-state index in [0.717, 1.165) is 25.7 Å². The first kappa shape index (κ1) is 23.5. The van der Waals surface area contributed by atoms with E-state index in [9.17, 15) is 19.2 Å². The SMILES string of the molecule is CCC(=O)[C@@H]1CCCN1C(=O)CCOCCOCCC(=O)N1CCC[C@H]1C(C)=O. The predicted octanol–water partition coefficient (Wildman–Crippen LogP) is 1.35. The fraction of sp³-hybridized carbons (Fsp3) is 0.810. The second-order valence-corrected chi connectivity index (χ2v) is 7.65. The summed E-state index contributed by atoms with van der Waals surface area (Å²) in [6.07, 6.45) is 4.22. The second-order valence-electron chi connectivity index (χ2n) is 7.65. The Bertz CT molecular complexity index is 594. The highest BCUT2D eigenvalue weighted by Crippen LogP contribution is 2.20. The van der Waals surface area contributed by atoms with E-state index < -0.39 is 0 Å². The van der Waals surface area contributed by atoms with Crippen LogP contribution in [0.4, 0.5) is 0 Å². The maximum atomic E-state index is 12.3. The molecule has 8 nitrogen and oxygen atoms in total. The Labute approximate surface area is 172 Å². The van der Waals surface area contributed by atoms with E-state index >= 15 is 0 Å². The Morgan fingerprint density at radius 2 is 1.28 bits per heavy atom. The number of carbonyl (C=O) groups excluding carboxylic acids is 4. The molecule has 2 aliphatic heterocycles. The zero-order valence-electron chi connectivity index (χ0n) is 17.7. The fourth-order valence-corrected chi connectivity index (χ4v) is 4.05. The van der Waals surface area contributed by atoms with Crippen LogP contribution in [0.3, 0.4) is 0 Å². The van der Waals surface area contributed by atoms with Gasteiger partial charge >= 0.3 is 0 Å². The number of Topliss-reactive ketones (excluding diaryl/α,β-unsaturated/α-hetero) is 2. The van der Waals surface area contributed by atoms with Gasteiger partial charge in [-0.25, -0.2) is 0 Å². The van der Waals surface area contributed by atoms with Gasteiger partial charge in [0.2, 0.25) is 11.8 Å². The van der Waals surface area contributed by atoms with Crippen LogP contribution in [-0.2, 0) is 28.7 Å². The maximum absolute atomic E-state index is 12.3. The zero-order chi connectivity index (χ0) is 21.2. The minimum absolute atomic E-state index is 0.0357. The van der Waals surface area contributed by atoms with Crippen molar-refractivity contribution >= 4 is 23.4 Å². The molecule has 0 bridgehead atoms. The number of hydrogen-bond donors (Lipinski definition) is 0. The Hall–Kier alpha value is -1.80. The van der Waals surface area contributed by atoms with Crippen LogP contribution in [0.15, 0.2) is 0 Å². The van der Waals surface area contributed by atoms with Crippen molar-refractivity contribution in [2.24, 2.45) is 0 Å². The normalized spacial score (nSPS) is 21.6. The number of ketones is 2. The summed E-state index contributed by atoms with van der Waals surface area (Å²) >= 11 is 0. The van der Waals surface area contributed by atoms with Gasteiger partial charge in [0.05, 0.1) is 51.4 Å². The highest BCUT2D eigenvalue weighted by molar-refractivity contribution is 5.89. The number of ether oxygens (including phenoxy) is 2. The predicted molar refractivity (Wildman–Crippen MR) is 106 cm³/mol. The molecular weight excluding hydrogens is 376 g/mol. The van der Waals surface area contributed by atoms with Crippen molar-refractivity contribution in [2.75, 3.05) is 39.5 Å². The molecule has 0 saturated carbocycles. The molecule has 2 saturated heterocycles. The van der Waals surface area contributed by atoms with E-state index in [1.54, 1.807) is 9.80 Å². The van der Waals surface area contributed by atoms with Gasteiger partial charge in [0, 0.05) is 19.5 Å². The molecule has 0 N–H and O–H groups in total. The number of rotatable bonds is 12. The van der Waals surface area contributed by atoms with Crippen molar-refractivity contribution in [3.05, 3.63) is 0 Å². The molecular formula is C21H34N2O6. The minimum atomic E-state index is -0.272. The summed E-state index contributed by atoms with van der Waals surface area (Å²) in [7, 11) is 0. The summed E-state index contributed by atoms with van der Waals surface area (Å²) < 4.78 is 10.9. The summed E-state index contributed by atoms with van der Waals surface area (Å²) in [5, 5.41) is 0. The Morgan fingerprint density at radius 1 is 0.793 bits per heavy atom. The summed E-state index contributed by atoms with van der Waals surface area (Å²) in [4.78, 5) is 51.3. The topological polar surface area (TPSA) is 93.2 Å². The van der Waals surface area contributed by atoms with Crippen LogP contribution >= 0.6 is 0 Å². The summed E-state index contributed by atoms with van der Waals surface area (Å²) in [5.41, 5.74) is 0. The molecule has 29 heavy (non-hydrogen) atoms. The van der Waals surface area contributed by atoms with Crippen LogP contribution in [0.1, 0.15) is 58.8 Å². The molecule has 2 rings (SSSR count). The lowest BCUT2D eigenvalue weighted by atomic mass is 10.1. The van der Waals surface area contributed by atoms with Crippen LogP contribution in [0.5, 0.6) is 0 Å². The van der Waals surface area contributed by atoms with Gasteiger partial charge in [0.1, 0.15) is 0 Å². The zero-order valence-corrected chi connectivity index (χ0v) is 17.7. The molecule has 0 unspecified atom stereocenters. The average molecular weight is 411 g/mol. The van der Waals surface area contributed by atoms with Crippen LogP contribution in [0.2, 0.25) is 0 Å². The molecule has 2 aliphatic rings. The molecule has 0 radical (unpaired) electrons. The molecule has 2 fully saturated rings. The number of likely N-dealkylation sites (tertiary alicyclic amines) is 2. The van der Waals surface area contributed by atoms with E-state index in [4.69, 9.17) is 9.47 Å². The molecule has 0 aromatic carbocycles. The van der Waals surface area contributed by atoms with E-state index in [0.29, 0.717) is 39.3 Å². The van der Waals surface area contributed by atoms with Crippen molar-refractivity contribution < 1.29 is 28.7 Å². The third kappa shape index (κ3) is 6.89. The maximum Gasteiger partial charge on any atom is 0.225 e. The van der Waals surface area contributed by atoms with E-state index in [1.807, 2.05) is 6.92 Å². The van der Waals surface area contributed by atoms with Crippen molar-refractivity contribution in [1.82, 2.24) is 9.80 Å². The Kier molecular flexibility index (Phi) is 9.73. The highest BCUT2D eigenvalue weighted by atomic mass is 16.5.